The number of likely N-dealkylation sites (tertiary alicyclic amines) is 1. The lowest BCUT2D eigenvalue weighted by atomic mass is 9.68. The fourth-order valence-corrected chi connectivity index (χ4v) is 5.32. The number of methoxy groups -OCH3 is 1. The van der Waals surface area contributed by atoms with E-state index in [0.29, 0.717) is 18.4 Å². The number of carbonyl (C=O) groups excluding carboxylic acids is 2. The molecule has 1 fully saturated rings. The van der Waals surface area contributed by atoms with Crippen LogP contribution < -0.4 is 10.1 Å². The third kappa shape index (κ3) is 5.38. The van der Waals surface area contributed by atoms with Crippen molar-refractivity contribution < 1.29 is 19.1 Å². The van der Waals surface area contributed by atoms with Crippen LogP contribution in [0.1, 0.15) is 63.4 Å². The van der Waals surface area contributed by atoms with E-state index in [2.05, 4.69) is 50.0 Å². The minimum Gasteiger partial charge on any atom is -0.497 e. The lowest BCUT2D eigenvalue weighted by molar-refractivity contribution is -0.162. The van der Waals surface area contributed by atoms with Crippen LogP contribution in [0.15, 0.2) is 54.6 Å². The number of rotatable bonds is 7. The fraction of sp³-hybridized carbons (Fsp3) is 0.481. The molecule has 6 heteroatoms. The molecule has 0 aromatic heterocycles. The van der Waals surface area contributed by atoms with Gasteiger partial charge in [0.25, 0.3) is 5.91 Å². The number of nitrogens with one attached hydrogen (secondary N) is 1. The molecule has 1 saturated heterocycles. The summed E-state index contributed by atoms with van der Waals surface area (Å²) in [6.07, 6.45) is 0.883. The Morgan fingerprint density at radius 2 is 1.52 bits per heavy atom. The van der Waals surface area contributed by atoms with Crippen LogP contribution in [0.5, 0.6) is 5.75 Å². The van der Waals surface area contributed by atoms with Crippen molar-refractivity contribution in [3.63, 3.8) is 0 Å². The summed E-state index contributed by atoms with van der Waals surface area (Å²) in [5, 5.41) is 3.09. The topological polar surface area (TPSA) is 67.9 Å². The van der Waals surface area contributed by atoms with Crippen molar-refractivity contribution in [2.75, 3.05) is 13.7 Å². The molecular formula is C27H36N2O4. The molecule has 0 atom stereocenters. The maximum atomic E-state index is 13.3. The normalized spacial score (nSPS) is 18.8. The highest BCUT2D eigenvalue weighted by molar-refractivity contribution is 5.98. The Kier molecular flexibility index (Phi) is 7.17. The first-order valence-corrected chi connectivity index (χ1v) is 11.5. The monoisotopic (exact) mass is 452 g/mol. The van der Waals surface area contributed by atoms with Crippen molar-refractivity contribution in [3.8, 4) is 5.75 Å². The first kappa shape index (κ1) is 24.8. The Morgan fingerprint density at radius 1 is 0.939 bits per heavy atom. The molecular weight excluding hydrogens is 416 g/mol. The Hall–Kier alpha value is -2.86. The molecule has 6 nitrogen and oxygen atoms in total. The summed E-state index contributed by atoms with van der Waals surface area (Å²) in [5.74, 6) is 0.180. The first-order valence-electron chi connectivity index (χ1n) is 11.5. The number of amides is 1. The Labute approximate surface area is 197 Å². The predicted molar refractivity (Wildman–Crippen MR) is 129 cm³/mol. The second kappa shape index (κ2) is 9.56. The van der Waals surface area contributed by atoms with Gasteiger partial charge in [0.05, 0.1) is 13.7 Å². The maximum Gasteiger partial charge on any atom is 0.331 e. The van der Waals surface area contributed by atoms with Gasteiger partial charge in [-0.2, -0.15) is 0 Å². The molecule has 0 saturated carbocycles. The van der Waals surface area contributed by atoms with Crippen LogP contribution in [0, 0.1) is 0 Å². The maximum absolute atomic E-state index is 13.3. The molecule has 0 unspecified atom stereocenters. The van der Waals surface area contributed by atoms with Crippen molar-refractivity contribution in [2.45, 2.75) is 70.6 Å². The van der Waals surface area contributed by atoms with E-state index in [1.807, 2.05) is 30.3 Å². The fourth-order valence-electron chi connectivity index (χ4n) is 5.32. The number of esters is 1. The third-order valence-electron chi connectivity index (χ3n) is 6.48. The van der Waals surface area contributed by atoms with E-state index < -0.39 is 16.6 Å². The van der Waals surface area contributed by atoms with E-state index in [4.69, 9.17) is 9.47 Å². The van der Waals surface area contributed by atoms with Crippen LogP contribution in [0.4, 0.5) is 0 Å². The summed E-state index contributed by atoms with van der Waals surface area (Å²) in [5.41, 5.74) is -0.213. The molecule has 2 aromatic carbocycles. The van der Waals surface area contributed by atoms with E-state index >= 15 is 0 Å². The second-order valence-corrected chi connectivity index (χ2v) is 10.0. The van der Waals surface area contributed by atoms with Gasteiger partial charge in [-0.1, -0.05) is 30.3 Å². The van der Waals surface area contributed by atoms with Crippen molar-refractivity contribution in [2.24, 2.45) is 0 Å². The molecule has 1 N–H and O–H groups in total. The summed E-state index contributed by atoms with van der Waals surface area (Å²) < 4.78 is 10.8. The molecule has 2 aromatic rings. The van der Waals surface area contributed by atoms with Gasteiger partial charge in [0.2, 0.25) is 0 Å². The van der Waals surface area contributed by atoms with Crippen molar-refractivity contribution in [1.82, 2.24) is 10.2 Å². The average Bonchev–Trinajstić information content (AvgIpc) is 2.77. The summed E-state index contributed by atoms with van der Waals surface area (Å²) in [6.45, 7) is 11.3. The SMILES string of the molecule is CCOC(=O)C1(NC(=O)c2ccccc2)CC(C)(C)N(Cc2ccc(OC)cc2)C(C)(C)C1. The summed E-state index contributed by atoms with van der Waals surface area (Å²) in [4.78, 5) is 28.9. The number of carbonyl (C=O) groups is 2. The smallest absolute Gasteiger partial charge is 0.331 e. The lowest BCUT2D eigenvalue weighted by Crippen LogP contribution is -2.71. The highest BCUT2D eigenvalue weighted by Crippen LogP contribution is 2.45. The van der Waals surface area contributed by atoms with Crippen LogP contribution >= 0.6 is 0 Å². The highest BCUT2D eigenvalue weighted by Gasteiger charge is 2.57. The predicted octanol–water partition coefficient (Wildman–Crippen LogP) is 4.58. The molecule has 0 bridgehead atoms. The Morgan fingerprint density at radius 3 is 2.03 bits per heavy atom. The summed E-state index contributed by atoms with van der Waals surface area (Å²) >= 11 is 0. The zero-order valence-electron chi connectivity index (χ0n) is 20.6. The van der Waals surface area contributed by atoms with Crippen LogP contribution in [-0.2, 0) is 16.1 Å². The van der Waals surface area contributed by atoms with E-state index in [9.17, 15) is 9.59 Å². The number of piperidine rings is 1. The van der Waals surface area contributed by atoms with Crippen LogP contribution in [0.25, 0.3) is 0 Å². The standard InChI is InChI=1S/C27H36N2O4/c1-7-33-24(31)27(28-23(30)21-11-9-8-10-12-21)18-25(2,3)29(26(4,5)19-27)17-20-13-15-22(32-6)16-14-20/h8-16H,7,17-19H2,1-6H3,(H,28,30). The molecule has 1 aliphatic rings. The number of hydrogen-bond acceptors (Lipinski definition) is 5. The molecule has 178 valence electrons. The number of benzene rings is 2. The van der Waals surface area contributed by atoms with Gasteiger partial charge in [0.1, 0.15) is 11.3 Å². The lowest BCUT2D eigenvalue weighted by Gasteiger charge is -2.58. The summed E-state index contributed by atoms with van der Waals surface area (Å²) in [6, 6.07) is 17.1. The van der Waals surface area contributed by atoms with Gasteiger partial charge in [0.15, 0.2) is 0 Å². The zero-order chi connectivity index (χ0) is 24.3. The highest BCUT2D eigenvalue weighted by atomic mass is 16.5. The average molecular weight is 453 g/mol. The van der Waals surface area contributed by atoms with E-state index in [1.54, 1.807) is 26.2 Å². The molecule has 33 heavy (non-hydrogen) atoms. The van der Waals surface area contributed by atoms with E-state index in [-0.39, 0.29) is 18.5 Å². The van der Waals surface area contributed by atoms with Crippen LogP contribution in [0.3, 0.4) is 0 Å². The number of ether oxygens (including phenoxy) is 2. The minimum absolute atomic E-state index is 0.262. The Bertz CT molecular complexity index is 949. The molecule has 3 rings (SSSR count). The second-order valence-electron chi connectivity index (χ2n) is 10.0. The summed E-state index contributed by atoms with van der Waals surface area (Å²) in [7, 11) is 1.66. The third-order valence-corrected chi connectivity index (χ3v) is 6.48. The largest absolute Gasteiger partial charge is 0.497 e. The van der Waals surface area contributed by atoms with Crippen molar-refractivity contribution >= 4 is 11.9 Å². The molecule has 0 aliphatic carbocycles. The quantitative estimate of drug-likeness (QED) is 0.623. The van der Waals surface area contributed by atoms with Gasteiger partial charge >= 0.3 is 5.97 Å². The Balaban J connectivity index is 1.93. The van der Waals surface area contributed by atoms with Crippen LogP contribution in [0.2, 0.25) is 0 Å². The van der Waals surface area contributed by atoms with Crippen molar-refractivity contribution in [1.29, 1.82) is 0 Å². The van der Waals surface area contributed by atoms with Gasteiger partial charge in [-0.3, -0.25) is 9.69 Å². The van der Waals surface area contributed by atoms with Crippen molar-refractivity contribution in [3.05, 3.63) is 65.7 Å². The zero-order valence-corrected chi connectivity index (χ0v) is 20.6. The number of hydrogen-bond donors (Lipinski definition) is 1. The minimum atomic E-state index is -1.12. The first-order chi connectivity index (χ1) is 15.5. The molecule has 1 aliphatic heterocycles. The molecule has 0 spiro atoms. The van der Waals surface area contributed by atoms with Gasteiger partial charge in [-0.15, -0.1) is 0 Å². The van der Waals surface area contributed by atoms with E-state index in [1.165, 1.54) is 0 Å². The molecule has 1 amide bonds. The van der Waals surface area contributed by atoms with Crippen LogP contribution in [-0.4, -0.2) is 47.1 Å². The van der Waals surface area contributed by atoms with Gasteiger partial charge in [-0.25, -0.2) is 4.79 Å². The van der Waals surface area contributed by atoms with Gasteiger partial charge < -0.3 is 14.8 Å². The molecule has 1 heterocycles. The van der Waals surface area contributed by atoms with Gasteiger partial charge in [0, 0.05) is 23.2 Å². The number of nitrogens with zero attached hydrogens (tertiary/aromatic N) is 1. The van der Waals surface area contributed by atoms with E-state index in [0.717, 1.165) is 17.9 Å². The van der Waals surface area contributed by atoms with Gasteiger partial charge in [-0.05, 0) is 77.3 Å². The molecule has 0 radical (unpaired) electrons.